The summed E-state index contributed by atoms with van der Waals surface area (Å²) in [5.41, 5.74) is 0.418. The first kappa shape index (κ1) is 14.0. The van der Waals surface area contributed by atoms with Gasteiger partial charge >= 0.3 is 0 Å². The van der Waals surface area contributed by atoms with Crippen molar-refractivity contribution in [3.8, 4) is 0 Å². The molecule has 0 aliphatic carbocycles. The van der Waals surface area contributed by atoms with Crippen LogP contribution in [-0.4, -0.2) is 19.3 Å². The average Bonchev–Trinajstić information content (AvgIpc) is 2.39. The van der Waals surface area contributed by atoms with E-state index in [1.54, 1.807) is 30.3 Å². The van der Waals surface area contributed by atoms with Crippen molar-refractivity contribution in [2.24, 2.45) is 0 Å². The third-order valence-electron chi connectivity index (χ3n) is 2.37. The summed E-state index contributed by atoms with van der Waals surface area (Å²) >= 11 is 0. The molecular weight excluding hydrogens is 278 g/mol. The fourth-order valence-corrected chi connectivity index (χ4v) is 2.62. The number of benzene rings is 1. The summed E-state index contributed by atoms with van der Waals surface area (Å²) in [7, 11) is -3.74. The van der Waals surface area contributed by atoms with Gasteiger partial charge in [-0.2, -0.15) is 0 Å². The molecule has 0 fully saturated rings. The second-order valence-electron chi connectivity index (χ2n) is 4.03. The van der Waals surface area contributed by atoms with Crippen LogP contribution in [0.4, 0.5) is 11.5 Å². The van der Waals surface area contributed by atoms with Crippen LogP contribution in [0.25, 0.3) is 0 Å². The molecule has 0 aliphatic heterocycles. The van der Waals surface area contributed by atoms with E-state index in [4.69, 9.17) is 0 Å². The second kappa shape index (κ2) is 5.70. The lowest BCUT2D eigenvalue weighted by Crippen LogP contribution is -2.14. The van der Waals surface area contributed by atoms with Gasteiger partial charge < -0.3 is 5.32 Å². The van der Waals surface area contributed by atoms with Gasteiger partial charge in [0, 0.05) is 18.8 Å². The van der Waals surface area contributed by atoms with Gasteiger partial charge in [0.2, 0.25) is 5.91 Å². The Labute approximate surface area is 116 Å². The molecule has 0 saturated carbocycles. The summed E-state index contributed by atoms with van der Waals surface area (Å²) in [4.78, 5) is 14.9. The number of pyridine rings is 1. The van der Waals surface area contributed by atoms with E-state index in [0.29, 0.717) is 5.69 Å². The standard InChI is InChI=1S/C13H13N3O3S/c1-10(17)15-11-5-4-6-12(9-11)20(18,19)16-13-7-2-3-8-14-13/h2-9H,1H3,(H,14,16)(H,15,17). The highest BCUT2D eigenvalue weighted by molar-refractivity contribution is 7.92. The van der Waals surface area contributed by atoms with E-state index in [-0.39, 0.29) is 16.6 Å². The maximum Gasteiger partial charge on any atom is 0.263 e. The summed E-state index contributed by atoms with van der Waals surface area (Å²) in [5, 5.41) is 2.53. The number of carbonyl (C=O) groups excluding carboxylic acids is 1. The smallest absolute Gasteiger partial charge is 0.263 e. The molecule has 0 saturated heterocycles. The first-order valence-corrected chi connectivity index (χ1v) is 7.27. The normalized spacial score (nSPS) is 10.8. The van der Waals surface area contributed by atoms with Gasteiger partial charge in [0.05, 0.1) is 4.90 Å². The molecule has 0 radical (unpaired) electrons. The molecule has 6 nitrogen and oxygen atoms in total. The number of hydrogen-bond acceptors (Lipinski definition) is 4. The zero-order valence-corrected chi connectivity index (χ0v) is 11.5. The number of hydrogen-bond donors (Lipinski definition) is 2. The van der Waals surface area contributed by atoms with E-state index < -0.39 is 10.0 Å². The Bertz CT molecular complexity index is 715. The van der Waals surface area contributed by atoms with Gasteiger partial charge in [-0.25, -0.2) is 13.4 Å². The van der Waals surface area contributed by atoms with E-state index in [0.717, 1.165) is 0 Å². The summed E-state index contributed by atoms with van der Waals surface area (Å²) in [5.74, 6) is -0.0327. The van der Waals surface area contributed by atoms with Crippen LogP contribution in [0.1, 0.15) is 6.92 Å². The van der Waals surface area contributed by atoms with Crippen LogP contribution < -0.4 is 10.0 Å². The molecule has 0 atom stereocenters. The van der Waals surface area contributed by atoms with Crippen LogP contribution >= 0.6 is 0 Å². The van der Waals surface area contributed by atoms with E-state index in [1.165, 1.54) is 25.3 Å². The first-order valence-electron chi connectivity index (χ1n) is 5.79. The van der Waals surface area contributed by atoms with Gasteiger partial charge in [-0.05, 0) is 30.3 Å². The number of nitrogens with one attached hydrogen (secondary N) is 2. The zero-order chi connectivity index (χ0) is 14.6. The number of rotatable bonds is 4. The Morgan fingerprint density at radius 1 is 1.15 bits per heavy atom. The molecule has 1 heterocycles. The molecular formula is C13H13N3O3S. The molecule has 0 aliphatic rings. The lowest BCUT2D eigenvalue weighted by molar-refractivity contribution is -0.114. The number of nitrogens with zero attached hydrogens (tertiary/aromatic N) is 1. The van der Waals surface area contributed by atoms with Crippen LogP contribution in [0, 0.1) is 0 Å². The van der Waals surface area contributed by atoms with E-state index in [2.05, 4.69) is 15.0 Å². The Balaban J connectivity index is 2.28. The Morgan fingerprint density at radius 3 is 2.60 bits per heavy atom. The van der Waals surface area contributed by atoms with Gasteiger partial charge in [-0.15, -0.1) is 0 Å². The lowest BCUT2D eigenvalue weighted by Gasteiger charge is -2.08. The third-order valence-corrected chi connectivity index (χ3v) is 3.72. The number of aromatic nitrogens is 1. The minimum Gasteiger partial charge on any atom is -0.326 e. The Hall–Kier alpha value is -2.41. The van der Waals surface area contributed by atoms with Crippen molar-refractivity contribution >= 4 is 27.4 Å². The molecule has 0 spiro atoms. The number of sulfonamides is 1. The van der Waals surface area contributed by atoms with Gasteiger partial charge in [-0.3, -0.25) is 9.52 Å². The minimum absolute atomic E-state index is 0.0504. The number of carbonyl (C=O) groups is 1. The predicted octanol–water partition coefficient (Wildman–Crippen LogP) is 1.84. The molecule has 2 N–H and O–H groups in total. The Morgan fingerprint density at radius 2 is 1.95 bits per heavy atom. The van der Waals surface area contributed by atoms with Gasteiger partial charge in [0.25, 0.3) is 10.0 Å². The molecule has 7 heteroatoms. The molecule has 1 aromatic heterocycles. The molecule has 104 valence electrons. The van der Waals surface area contributed by atoms with Crippen molar-refractivity contribution in [1.29, 1.82) is 0 Å². The van der Waals surface area contributed by atoms with Crippen LogP contribution in [0.3, 0.4) is 0 Å². The van der Waals surface area contributed by atoms with Crippen molar-refractivity contribution in [2.45, 2.75) is 11.8 Å². The van der Waals surface area contributed by atoms with E-state index in [1.807, 2.05) is 0 Å². The van der Waals surface area contributed by atoms with E-state index in [9.17, 15) is 13.2 Å². The summed E-state index contributed by atoms with van der Waals surface area (Å²) in [6, 6.07) is 10.9. The zero-order valence-electron chi connectivity index (χ0n) is 10.7. The number of amides is 1. The van der Waals surface area contributed by atoms with Gasteiger partial charge in [0.1, 0.15) is 5.82 Å². The monoisotopic (exact) mass is 291 g/mol. The average molecular weight is 291 g/mol. The molecule has 1 aromatic carbocycles. The highest BCUT2D eigenvalue weighted by Gasteiger charge is 2.15. The molecule has 2 rings (SSSR count). The van der Waals surface area contributed by atoms with Crippen LogP contribution in [-0.2, 0) is 14.8 Å². The van der Waals surface area contributed by atoms with Crippen LogP contribution in [0.2, 0.25) is 0 Å². The topological polar surface area (TPSA) is 88.2 Å². The molecule has 20 heavy (non-hydrogen) atoms. The lowest BCUT2D eigenvalue weighted by atomic mass is 10.3. The molecule has 0 bridgehead atoms. The summed E-state index contributed by atoms with van der Waals surface area (Å²) < 4.78 is 26.7. The number of anilines is 2. The summed E-state index contributed by atoms with van der Waals surface area (Å²) in [6.45, 7) is 1.35. The quantitative estimate of drug-likeness (QED) is 0.899. The molecule has 0 unspecified atom stereocenters. The van der Waals surface area contributed by atoms with Crippen molar-refractivity contribution in [3.05, 3.63) is 48.7 Å². The fraction of sp³-hybridized carbons (Fsp3) is 0.0769. The maximum atomic E-state index is 12.2. The summed E-state index contributed by atoms with van der Waals surface area (Å²) in [6.07, 6.45) is 1.49. The maximum absolute atomic E-state index is 12.2. The van der Waals surface area contributed by atoms with Gasteiger partial charge in [-0.1, -0.05) is 12.1 Å². The Kier molecular flexibility index (Phi) is 3.99. The minimum atomic E-state index is -3.74. The van der Waals surface area contributed by atoms with Crippen molar-refractivity contribution in [3.63, 3.8) is 0 Å². The van der Waals surface area contributed by atoms with E-state index >= 15 is 0 Å². The SMILES string of the molecule is CC(=O)Nc1cccc(S(=O)(=O)Nc2ccccn2)c1. The third kappa shape index (κ3) is 3.55. The van der Waals surface area contributed by atoms with Gasteiger partial charge in [0.15, 0.2) is 0 Å². The highest BCUT2D eigenvalue weighted by atomic mass is 32.2. The fourth-order valence-electron chi connectivity index (χ4n) is 1.56. The van der Waals surface area contributed by atoms with Crippen molar-refractivity contribution in [1.82, 2.24) is 4.98 Å². The largest absolute Gasteiger partial charge is 0.326 e. The first-order chi connectivity index (χ1) is 9.47. The van der Waals surface area contributed by atoms with Crippen molar-refractivity contribution in [2.75, 3.05) is 10.0 Å². The predicted molar refractivity (Wildman–Crippen MR) is 75.8 cm³/mol. The molecule has 1 amide bonds. The molecule has 2 aromatic rings. The highest BCUT2D eigenvalue weighted by Crippen LogP contribution is 2.18. The van der Waals surface area contributed by atoms with Crippen LogP contribution in [0.15, 0.2) is 53.6 Å². The van der Waals surface area contributed by atoms with Crippen LogP contribution in [0.5, 0.6) is 0 Å². The van der Waals surface area contributed by atoms with Crippen molar-refractivity contribution < 1.29 is 13.2 Å². The second-order valence-corrected chi connectivity index (χ2v) is 5.71.